The number of carbonyl (C=O) groups is 2. The maximum absolute atomic E-state index is 13.3. The van der Waals surface area contributed by atoms with Gasteiger partial charge in [-0.3, -0.25) is 10.1 Å². The van der Waals surface area contributed by atoms with Crippen LogP contribution in [0.2, 0.25) is 5.02 Å². The number of carbonyl (C=O) groups excluding carboxylic acids is 1. The number of carboxylic acids is 1. The normalized spacial score (nSPS) is 18.5. The fourth-order valence-corrected chi connectivity index (χ4v) is 7.01. The first kappa shape index (κ1) is 27.2. The molecule has 1 aromatic carbocycles. The lowest BCUT2D eigenvalue weighted by atomic mass is 9.86. The van der Waals surface area contributed by atoms with Gasteiger partial charge in [-0.25, -0.2) is 9.78 Å². The maximum atomic E-state index is 13.3. The van der Waals surface area contributed by atoms with Gasteiger partial charge < -0.3 is 10.0 Å². The number of amides is 2. The lowest BCUT2D eigenvalue weighted by Crippen LogP contribution is -2.45. The molecule has 0 aliphatic heterocycles. The van der Waals surface area contributed by atoms with E-state index in [0.29, 0.717) is 17.6 Å². The third-order valence-electron chi connectivity index (χ3n) is 5.88. The molecule has 1 aliphatic rings. The van der Waals surface area contributed by atoms with Crippen molar-refractivity contribution < 1.29 is 14.7 Å². The van der Waals surface area contributed by atoms with E-state index in [-0.39, 0.29) is 12.1 Å². The Kier molecular flexibility index (Phi) is 10.0. The number of hydrogen-bond acceptors (Lipinski definition) is 6. The summed E-state index contributed by atoms with van der Waals surface area (Å²) in [6.07, 6.45) is 6.82. The van der Waals surface area contributed by atoms with Gasteiger partial charge in [-0.15, -0.1) is 11.8 Å². The highest BCUT2D eigenvalue weighted by molar-refractivity contribution is 8.03. The minimum absolute atomic E-state index is 0.126. The molecule has 6 nitrogen and oxygen atoms in total. The average molecular weight is 542 g/mol. The maximum Gasteiger partial charge on any atom is 0.323 e. The Bertz CT molecular complexity index is 960. The van der Waals surface area contributed by atoms with E-state index in [4.69, 9.17) is 11.6 Å². The van der Waals surface area contributed by atoms with Crippen molar-refractivity contribution in [3.63, 3.8) is 0 Å². The molecule has 1 aliphatic carbocycles. The molecule has 0 bridgehead atoms. The van der Waals surface area contributed by atoms with Crippen LogP contribution in [0.5, 0.6) is 0 Å². The van der Waals surface area contributed by atoms with Crippen LogP contribution in [-0.4, -0.2) is 50.1 Å². The molecule has 1 heterocycles. The Morgan fingerprint density at radius 1 is 1.24 bits per heavy atom. The van der Waals surface area contributed by atoms with E-state index in [9.17, 15) is 14.7 Å². The third kappa shape index (κ3) is 8.07. The molecule has 1 saturated carbocycles. The smallest absolute Gasteiger partial charge is 0.323 e. The van der Waals surface area contributed by atoms with Gasteiger partial charge in [0, 0.05) is 22.5 Å². The summed E-state index contributed by atoms with van der Waals surface area (Å²) < 4.78 is -0.194. The highest BCUT2D eigenvalue weighted by atomic mass is 35.5. The second-order valence-corrected chi connectivity index (χ2v) is 13.7. The second kappa shape index (κ2) is 12.5. The van der Waals surface area contributed by atoms with Crippen molar-refractivity contribution >= 4 is 63.6 Å². The molecule has 0 spiro atoms. The summed E-state index contributed by atoms with van der Waals surface area (Å²) in [5, 5.41) is 13.5. The molecular formula is C24H32ClN3O3S3. The first-order chi connectivity index (χ1) is 16.1. The van der Waals surface area contributed by atoms with Crippen LogP contribution in [0.15, 0.2) is 39.6 Å². The van der Waals surface area contributed by atoms with Crippen molar-refractivity contribution in [3.05, 3.63) is 35.5 Å². The van der Waals surface area contributed by atoms with Gasteiger partial charge in [-0.1, -0.05) is 41.6 Å². The van der Waals surface area contributed by atoms with Crippen molar-refractivity contribution in [3.8, 4) is 0 Å². The number of rotatable bonds is 10. The minimum Gasteiger partial charge on any atom is -0.480 e. The quantitative estimate of drug-likeness (QED) is 0.242. The topological polar surface area (TPSA) is 82.5 Å². The molecule has 34 heavy (non-hydrogen) atoms. The summed E-state index contributed by atoms with van der Waals surface area (Å²) in [5.41, 5.74) is 0. The summed E-state index contributed by atoms with van der Waals surface area (Å²) in [7, 11) is 0. The first-order valence-corrected chi connectivity index (χ1v) is 14.5. The number of nitrogens with one attached hydrogen (secondary N) is 1. The highest BCUT2D eigenvalue weighted by Gasteiger charge is 2.30. The van der Waals surface area contributed by atoms with Crippen molar-refractivity contribution in [2.75, 3.05) is 17.6 Å². The lowest BCUT2D eigenvalue weighted by molar-refractivity contribution is -0.138. The molecular weight excluding hydrogens is 510 g/mol. The fraction of sp³-hybridized carbons (Fsp3) is 0.542. The predicted octanol–water partition coefficient (Wildman–Crippen LogP) is 7.35. The molecule has 186 valence electrons. The molecule has 2 N–H and O–H groups in total. The van der Waals surface area contributed by atoms with Crippen LogP contribution < -0.4 is 5.32 Å². The van der Waals surface area contributed by atoms with Crippen LogP contribution in [0.3, 0.4) is 0 Å². The molecule has 10 heteroatoms. The van der Waals surface area contributed by atoms with Crippen LogP contribution in [0, 0.1) is 5.92 Å². The van der Waals surface area contributed by atoms with Gasteiger partial charge in [0.05, 0.1) is 10.4 Å². The largest absolute Gasteiger partial charge is 0.480 e. The number of benzene rings is 1. The number of carboxylic acid groups (broad SMARTS) is 1. The number of urea groups is 1. The summed E-state index contributed by atoms with van der Waals surface area (Å²) in [6.45, 7) is 6.28. The van der Waals surface area contributed by atoms with E-state index in [2.05, 4.69) is 17.2 Å². The highest BCUT2D eigenvalue weighted by Crippen LogP contribution is 2.37. The van der Waals surface area contributed by atoms with E-state index in [1.807, 2.05) is 29.2 Å². The second-order valence-electron chi connectivity index (χ2n) is 9.10. The molecule has 2 amide bonds. The molecule has 1 fully saturated rings. The van der Waals surface area contributed by atoms with Gasteiger partial charge in [0.15, 0.2) is 5.13 Å². The fourth-order valence-electron chi connectivity index (χ4n) is 3.78. The summed E-state index contributed by atoms with van der Waals surface area (Å²) in [4.78, 5) is 32.1. The number of hydrogen-bond donors (Lipinski definition) is 2. The molecule has 0 unspecified atom stereocenters. The van der Waals surface area contributed by atoms with Gasteiger partial charge in [0.2, 0.25) is 0 Å². The van der Waals surface area contributed by atoms with Crippen LogP contribution in [0.1, 0.15) is 52.9 Å². The molecule has 0 radical (unpaired) electrons. The third-order valence-corrected chi connectivity index (χ3v) is 9.43. The van der Waals surface area contributed by atoms with Gasteiger partial charge >= 0.3 is 12.0 Å². The van der Waals surface area contributed by atoms with Crippen molar-refractivity contribution in [1.29, 1.82) is 0 Å². The average Bonchev–Trinajstić information content (AvgIpc) is 3.21. The summed E-state index contributed by atoms with van der Waals surface area (Å²) in [5.74, 6) is 0.736. The van der Waals surface area contributed by atoms with Gasteiger partial charge in [0.25, 0.3) is 0 Å². The van der Waals surface area contributed by atoms with E-state index in [1.54, 1.807) is 31.8 Å². The molecule has 0 atom stereocenters. The zero-order valence-corrected chi connectivity index (χ0v) is 23.0. The van der Waals surface area contributed by atoms with E-state index >= 15 is 0 Å². The number of halogens is 1. The van der Waals surface area contributed by atoms with Gasteiger partial charge in [-0.05, 0) is 81.9 Å². The summed E-state index contributed by atoms with van der Waals surface area (Å²) >= 11 is 10.3. The SMILES string of the molecule is CC(C)(Sc1cnc(NC(=O)N(CCCSc2ccc(Cl)cc2)[C@H]2CC[C@H](C)CC2)s1)C(=O)O. The zero-order chi connectivity index (χ0) is 24.7. The van der Waals surface area contributed by atoms with Crippen LogP contribution in [-0.2, 0) is 4.79 Å². The molecule has 3 rings (SSSR count). The van der Waals surface area contributed by atoms with Gasteiger partial charge in [0.1, 0.15) is 4.75 Å². The first-order valence-electron chi connectivity index (χ1n) is 11.5. The van der Waals surface area contributed by atoms with Crippen LogP contribution in [0.4, 0.5) is 9.93 Å². The van der Waals surface area contributed by atoms with E-state index in [0.717, 1.165) is 47.1 Å². The molecule has 2 aromatic rings. The van der Waals surface area contributed by atoms with E-state index in [1.165, 1.54) is 28.0 Å². The van der Waals surface area contributed by atoms with Gasteiger partial charge in [-0.2, -0.15) is 0 Å². The Balaban J connectivity index is 1.59. The lowest BCUT2D eigenvalue weighted by Gasteiger charge is -2.36. The predicted molar refractivity (Wildman–Crippen MR) is 144 cm³/mol. The number of aromatic nitrogens is 1. The number of thioether (sulfide) groups is 2. The Morgan fingerprint density at radius 2 is 1.91 bits per heavy atom. The Hall–Kier alpha value is -1.42. The van der Waals surface area contributed by atoms with Crippen molar-refractivity contribution in [2.45, 2.75) is 72.8 Å². The van der Waals surface area contributed by atoms with Crippen molar-refractivity contribution in [2.24, 2.45) is 5.92 Å². The zero-order valence-electron chi connectivity index (χ0n) is 19.8. The number of thiazole rings is 1. The molecule has 0 saturated heterocycles. The summed E-state index contributed by atoms with van der Waals surface area (Å²) in [6, 6.07) is 7.93. The number of anilines is 1. The van der Waals surface area contributed by atoms with Crippen molar-refractivity contribution in [1.82, 2.24) is 9.88 Å². The minimum atomic E-state index is -0.958. The standard InChI is InChI=1S/C24H32ClN3O3S3/c1-16-5-9-18(10-6-16)28(13-4-14-32-19-11-7-17(25)8-12-19)23(31)27-22-26-15-20(33-22)34-24(2,3)21(29)30/h7-8,11-12,15-16,18H,4-6,9-10,13-14H2,1-3H3,(H,29,30)(H,26,27,31)/t16-,18-. The molecule has 1 aromatic heterocycles. The Morgan fingerprint density at radius 3 is 2.56 bits per heavy atom. The Labute approximate surface area is 219 Å². The van der Waals surface area contributed by atoms with Crippen LogP contribution in [0.25, 0.3) is 0 Å². The monoisotopic (exact) mass is 541 g/mol. The van der Waals surface area contributed by atoms with E-state index < -0.39 is 10.7 Å². The number of nitrogens with zero attached hydrogens (tertiary/aromatic N) is 2. The van der Waals surface area contributed by atoms with Crippen LogP contribution >= 0.6 is 46.5 Å². The number of aliphatic carboxylic acids is 1.